The lowest BCUT2D eigenvalue weighted by Gasteiger charge is -2.02. The first-order chi connectivity index (χ1) is 8.74. The molecule has 2 aromatic rings. The van der Waals surface area contributed by atoms with Gasteiger partial charge in [-0.25, -0.2) is 4.79 Å². The van der Waals surface area contributed by atoms with Crippen LogP contribution in [0.15, 0.2) is 24.3 Å². The predicted molar refractivity (Wildman–Crippen MR) is 78.6 cm³/mol. The highest BCUT2D eigenvalue weighted by Crippen LogP contribution is 2.33. The minimum atomic E-state index is -0.828. The van der Waals surface area contributed by atoms with Gasteiger partial charge in [-0.05, 0) is 35.7 Å². The zero-order valence-corrected chi connectivity index (χ0v) is 11.5. The molecule has 0 bridgehead atoms. The zero-order chi connectivity index (χ0) is 13.0. The van der Waals surface area contributed by atoms with Crippen molar-refractivity contribution in [2.75, 3.05) is 12.3 Å². The second-order valence-electron chi connectivity index (χ2n) is 3.91. The summed E-state index contributed by atoms with van der Waals surface area (Å²) < 4.78 is 1.05. The maximum absolute atomic E-state index is 11.3. The first kappa shape index (κ1) is 13.4. The Morgan fingerprint density at radius 1 is 1.39 bits per heavy atom. The molecule has 1 aromatic heterocycles. The van der Waals surface area contributed by atoms with Crippen LogP contribution in [-0.4, -0.2) is 23.4 Å². The lowest BCUT2D eigenvalue weighted by molar-refractivity contribution is 0.0701. The number of carboxylic acid groups (broad SMARTS) is 1. The van der Waals surface area contributed by atoms with Gasteiger partial charge in [0.15, 0.2) is 0 Å². The monoisotopic (exact) mass is 281 g/mol. The van der Waals surface area contributed by atoms with Crippen molar-refractivity contribution < 1.29 is 9.90 Å². The Kier molecular flexibility index (Phi) is 4.63. The van der Waals surface area contributed by atoms with E-state index in [-0.39, 0.29) is 0 Å². The topological polar surface area (TPSA) is 63.3 Å². The van der Waals surface area contributed by atoms with Gasteiger partial charge >= 0.3 is 5.97 Å². The van der Waals surface area contributed by atoms with E-state index in [2.05, 4.69) is 0 Å². The highest BCUT2D eigenvalue weighted by molar-refractivity contribution is 7.98. The van der Waals surface area contributed by atoms with Gasteiger partial charge in [0.25, 0.3) is 0 Å². The standard InChI is InChI=1S/C13H15NO2S2/c14-6-3-7-17-8-10-9-4-1-2-5-11(9)18-12(10)13(15)16/h1-2,4-5H,3,6-8,14H2,(H,15,16). The average Bonchev–Trinajstić information content (AvgIpc) is 2.74. The highest BCUT2D eigenvalue weighted by Gasteiger charge is 2.16. The van der Waals surface area contributed by atoms with Crippen LogP contribution in [0.5, 0.6) is 0 Å². The first-order valence-corrected chi connectivity index (χ1v) is 7.72. The number of carboxylic acids is 1. The van der Waals surface area contributed by atoms with Crippen molar-refractivity contribution in [3.05, 3.63) is 34.7 Å². The van der Waals surface area contributed by atoms with Crippen molar-refractivity contribution in [2.24, 2.45) is 5.73 Å². The zero-order valence-electron chi connectivity index (χ0n) is 9.89. The Bertz CT molecular complexity index is 551. The second-order valence-corrected chi connectivity index (χ2v) is 6.06. The number of rotatable bonds is 6. The molecule has 3 nitrogen and oxygen atoms in total. The summed E-state index contributed by atoms with van der Waals surface area (Å²) in [4.78, 5) is 11.7. The molecule has 1 aromatic carbocycles. The summed E-state index contributed by atoms with van der Waals surface area (Å²) in [6.07, 6.45) is 0.967. The molecule has 0 saturated heterocycles. The molecule has 0 saturated carbocycles. The maximum Gasteiger partial charge on any atom is 0.346 e. The van der Waals surface area contributed by atoms with Crippen molar-refractivity contribution in [3.63, 3.8) is 0 Å². The smallest absolute Gasteiger partial charge is 0.346 e. The third-order valence-electron chi connectivity index (χ3n) is 2.63. The molecule has 1 heterocycles. The summed E-state index contributed by atoms with van der Waals surface area (Å²) in [6, 6.07) is 7.86. The van der Waals surface area contributed by atoms with E-state index in [1.54, 1.807) is 11.8 Å². The Morgan fingerprint density at radius 3 is 2.89 bits per heavy atom. The molecule has 0 atom stereocenters. The van der Waals surface area contributed by atoms with Gasteiger partial charge in [-0.3, -0.25) is 0 Å². The van der Waals surface area contributed by atoms with E-state index in [1.165, 1.54) is 11.3 Å². The number of benzene rings is 1. The minimum Gasteiger partial charge on any atom is -0.477 e. The van der Waals surface area contributed by atoms with Gasteiger partial charge in [-0.1, -0.05) is 18.2 Å². The molecule has 0 radical (unpaired) electrons. The normalized spacial score (nSPS) is 10.9. The fraction of sp³-hybridized carbons (Fsp3) is 0.308. The van der Waals surface area contributed by atoms with Crippen molar-refractivity contribution in [2.45, 2.75) is 12.2 Å². The average molecular weight is 281 g/mol. The Morgan fingerprint density at radius 2 is 2.17 bits per heavy atom. The summed E-state index contributed by atoms with van der Waals surface area (Å²) >= 11 is 3.10. The van der Waals surface area contributed by atoms with E-state index < -0.39 is 5.97 Å². The minimum absolute atomic E-state index is 0.469. The lowest BCUT2D eigenvalue weighted by atomic mass is 10.1. The quantitative estimate of drug-likeness (QED) is 0.798. The van der Waals surface area contributed by atoms with E-state index in [4.69, 9.17) is 5.73 Å². The SMILES string of the molecule is NCCCSCc1c(C(=O)O)sc2ccccc12. The van der Waals surface area contributed by atoms with E-state index in [0.29, 0.717) is 11.4 Å². The second kappa shape index (κ2) is 6.22. The molecule has 96 valence electrons. The summed E-state index contributed by atoms with van der Waals surface area (Å²) in [5.41, 5.74) is 6.40. The first-order valence-electron chi connectivity index (χ1n) is 5.75. The summed E-state index contributed by atoms with van der Waals surface area (Å²) in [5, 5.41) is 10.3. The highest BCUT2D eigenvalue weighted by atomic mass is 32.2. The third kappa shape index (κ3) is 2.85. The predicted octanol–water partition coefficient (Wildman–Crippen LogP) is 3.18. The Hall–Kier alpha value is -1.04. The number of fused-ring (bicyclic) bond motifs is 1. The molecule has 0 aliphatic heterocycles. The van der Waals surface area contributed by atoms with Crippen LogP contribution in [0.1, 0.15) is 21.7 Å². The van der Waals surface area contributed by atoms with Gasteiger partial charge < -0.3 is 10.8 Å². The molecule has 0 amide bonds. The molecule has 0 aliphatic rings. The van der Waals surface area contributed by atoms with Crippen molar-refractivity contribution in [1.82, 2.24) is 0 Å². The van der Waals surface area contributed by atoms with Crippen LogP contribution in [-0.2, 0) is 5.75 Å². The van der Waals surface area contributed by atoms with Gasteiger partial charge in [-0.15, -0.1) is 11.3 Å². The number of carbonyl (C=O) groups is 1. The van der Waals surface area contributed by atoms with Crippen LogP contribution in [0.25, 0.3) is 10.1 Å². The van der Waals surface area contributed by atoms with Crippen LogP contribution >= 0.6 is 23.1 Å². The Labute approximate surface area is 114 Å². The summed E-state index contributed by atoms with van der Waals surface area (Å²) in [6.45, 7) is 0.684. The van der Waals surface area contributed by atoms with Gasteiger partial charge in [0.2, 0.25) is 0 Å². The lowest BCUT2D eigenvalue weighted by Crippen LogP contribution is -2.00. The molecule has 0 fully saturated rings. The summed E-state index contributed by atoms with van der Waals surface area (Å²) in [7, 11) is 0. The van der Waals surface area contributed by atoms with Gasteiger partial charge in [0, 0.05) is 10.5 Å². The number of thioether (sulfide) groups is 1. The summed E-state index contributed by atoms with van der Waals surface area (Å²) in [5.74, 6) is 0.886. The van der Waals surface area contributed by atoms with Crippen LogP contribution in [0, 0.1) is 0 Å². The third-order valence-corrected chi connectivity index (χ3v) is 4.90. The van der Waals surface area contributed by atoms with Crippen LogP contribution in [0.2, 0.25) is 0 Å². The molecule has 2 rings (SSSR count). The van der Waals surface area contributed by atoms with Gasteiger partial charge in [-0.2, -0.15) is 11.8 Å². The molecule has 5 heteroatoms. The van der Waals surface area contributed by atoms with Crippen LogP contribution in [0.4, 0.5) is 0 Å². The molecule has 18 heavy (non-hydrogen) atoms. The number of aromatic carboxylic acids is 1. The fourth-order valence-corrected chi connectivity index (χ4v) is 3.95. The number of hydrogen-bond donors (Lipinski definition) is 2. The van der Waals surface area contributed by atoms with Gasteiger partial charge in [0.05, 0.1) is 0 Å². The number of hydrogen-bond acceptors (Lipinski definition) is 4. The van der Waals surface area contributed by atoms with E-state index in [0.717, 1.165) is 33.6 Å². The maximum atomic E-state index is 11.3. The van der Waals surface area contributed by atoms with E-state index >= 15 is 0 Å². The molecule has 0 unspecified atom stereocenters. The van der Waals surface area contributed by atoms with Crippen LogP contribution in [0.3, 0.4) is 0 Å². The van der Waals surface area contributed by atoms with Crippen LogP contribution < -0.4 is 5.73 Å². The molecule has 0 aliphatic carbocycles. The number of nitrogens with two attached hydrogens (primary N) is 1. The van der Waals surface area contributed by atoms with Gasteiger partial charge in [0.1, 0.15) is 4.88 Å². The van der Waals surface area contributed by atoms with Crippen molar-refractivity contribution >= 4 is 39.2 Å². The largest absolute Gasteiger partial charge is 0.477 e. The Balaban J connectivity index is 2.27. The number of thiophene rings is 1. The van der Waals surface area contributed by atoms with E-state index in [9.17, 15) is 9.90 Å². The molecule has 3 N–H and O–H groups in total. The molecular formula is C13H15NO2S2. The van der Waals surface area contributed by atoms with Crippen molar-refractivity contribution in [1.29, 1.82) is 0 Å². The molecular weight excluding hydrogens is 266 g/mol. The fourth-order valence-electron chi connectivity index (χ4n) is 1.77. The van der Waals surface area contributed by atoms with Crippen molar-refractivity contribution in [3.8, 4) is 0 Å². The van der Waals surface area contributed by atoms with E-state index in [1.807, 2.05) is 24.3 Å². The molecule has 0 spiro atoms.